The molecule has 5 rings (SSSR count). The van der Waals surface area contributed by atoms with Gasteiger partial charge in [-0.25, -0.2) is 4.99 Å². The molecule has 2 N–H and O–H groups in total. The van der Waals surface area contributed by atoms with Gasteiger partial charge < -0.3 is 29.4 Å². The fraction of sp³-hybridized carbons (Fsp3) is 0.233. The summed E-state index contributed by atoms with van der Waals surface area (Å²) in [6.07, 6.45) is 0.422. The second-order valence-electron chi connectivity index (χ2n) is 9.56. The number of H-pyrrole nitrogens is 1. The summed E-state index contributed by atoms with van der Waals surface area (Å²) in [5.74, 6) is 1.22. The van der Waals surface area contributed by atoms with Crippen LogP contribution in [0.3, 0.4) is 0 Å². The van der Waals surface area contributed by atoms with Gasteiger partial charge in [0.25, 0.3) is 0 Å². The number of anilines is 1. The molecule has 3 aromatic carbocycles. The van der Waals surface area contributed by atoms with E-state index in [1.54, 1.807) is 30.1 Å². The topological polar surface area (TPSA) is 114 Å². The van der Waals surface area contributed by atoms with Crippen LogP contribution in [0.1, 0.15) is 23.1 Å². The molecule has 1 aromatic heterocycles. The van der Waals surface area contributed by atoms with Crippen LogP contribution in [0.2, 0.25) is 0 Å². The number of ether oxygens (including phenoxy) is 2. The number of nitrogens with one attached hydrogen (secondary N) is 1. The average Bonchev–Trinajstić information content (AvgIpc) is 3.28. The Bertz CT molecular complexity index is 1600. The zero-order valence-corrected chi connectivity index (χ0v) is 22.1. The minimum absolute atomic E-state index is 0.0253. The van der Waals surface area contributed by atoms with Crippen molar-refractivity contribution in [1.29, 1.82) is 5.26 Å². The van der Waals surface area contributed by atoms with E-state index in [0.717, 1.165) is 16.6 Å². The molecule has 0 saturated heterocycles. The number of fused-ring (bicyclic) bond motifs is 2. The normalized spacial score (nSPS) is 12.9. The van der Waals surface area contributed by atoms with Gasteiger partial charge in [0, 0.05) is 36.7 Å². The molecule has 9 nitrogen and oxygen atoms in total. The van der Waals surface area contributed by atoms with E-state index < -0.39 is 0 Å². The molecule has 39 heavy (non-hydrogen) atoms. The second-order valence-corrected chi connectivity index (χ2v) is 9.56. The van der Waals surface area contributed by atoms with Crippen molar-refractivity contribution in [3.8, 4) is 23.4 Å². The van der Waals surface area contributed by atoms with Gasteiger partial charge in [-0.1, -0.05) is 6.07 Å². The Morgan fingerprint density at radius 3 is 2.49 bits per heavy atom. The summed E-state index contributed by atoms with van der Waals surface area (Å²) in [5.41, 5.74) is 4.25. The van der Waals surface area contributed by atoms with Crippen molar-refractivity contribution in [2.75, 3.05) is 45.8 Å². The second kappa shape index (κ2) is 10.9. The summed E-state index contributed by atoms with van der Waals surface area (Å²) in [5, 5.41) is 21.0. The smallest absolute Gasteiger partial charge is 0.228 e. The number of amides is 1. The Morgan fingerprint density at radius 2 is 1.77 bits per heavy atom. The van der Waals surface area contributed by atoms with Gasteiger partial charge in [0.15, 0.2) is 17.4 Å². The van der Waals surface area contributed by atoms with Crippen LogP contribution in [-0.4, -0.2) is 67.5 Å². The molecule has 0 atom stereocenters. The molecule has 0 radical (unpaired) electrons. The van der Waals surface area contributed by atoms with Crippen molar-refractivity contribution >= 4 is 33.9 Å². The molecule has 2 heterocycles. The molecule has 1 amide bonds. The van der Waals surface area contributed by atoms with E-state index in [2.05, 4.69) is 11.1 Å². The lowest BCUT2D eigenvalue weighted by Gasteiger charge is -2.19. The highest BCUT2D eigenvalue weighted by Crippen LogP contribution is 2.36. The lowest BCUT2D eigenvalue weighted by Crippen LogP contribution is -2.29. The van der Waals surface area contributed by atoms with Crippen LogP contribution in [-0.2, 0) is 4.79 Å². The summed E-state index contributed by atoms with van der Waals surface area (Å²) in [4.78, 5) is 24.1. The van der Waals surface area contributed by atoms with Crippen molar-refractivity contribution in [3.05, 3.63) is 77.4 Å². The van der Waals surface area contributed by atoms with Crippen LogP contribution < -0.4 is 14.4 Å². The number of carbonyl (C=O) groups excluding carboxylic acids is 1. The number of aromatic hydroxyl groups is 1. The van der Waals surface area contributed by atoms with E-state index in [9.17, 15) is 15.2 Å². The Balaban J connectivity index is 1.57. The van der Waals surface area contributed by atoms with E-state index in [1.807, 2.05) is 61.5 Å². The minimum atomic E-state index is -0.0587. The number of aromatic amines is 1. The molecule has 4 aromatic rings. The third-order valence-electron chi connectivity index (χ3n) is 6.59. The molecule has 1 aliphatic rings. The number of aliphatic imine (C=N–C) groups is 1. The van der Waals surface area contributed by atoms with Gasteiger partial charge in [-0.2, -0.15) is 5.26 Å². The number of hydrogen-bond donors (Lipinski definition) is 2. The summed E-state index contributed by atoms with van der Waals surface area (Å²) >= 11 is 0. The van der Waals surface area contributed by atoms with Crippen molar-refractivity contribution in [2.24, 2.45) is 4.99 Å². The van der Waals surface area contributed by atoms with Gasteiger partial charge in [-0.3, -0.25) is 4.79 Å². The first-order chi connectivity index (χ1) is 18.8. The molecule has 198 valence electrons. The monoisotopic (exact) mass is 523 g/mol. The third kappa shape index (κ3) is 5.42. The van der Waals surface area contributed by atoms with E-state index in [-0.39, 0.29) is 11.8 Å². The SMILES string of the molecule is CN(C)CCC(=O)N(C)c1ccc(N=C(c2ccc3c(c2)OCCO3)c2c(O)[nH]c3cc(C#N)ccc23)cc1. The molecular formula is C30H29N5O4. The summed E-state index contributed by atoms with van der Waals surface area (Å²) in [6, 6.07) is 20.2. The Labute approximate surface area is 226 Å². The van der Waals surface area contributed by atoms with Crippen LogP contribution in [0.25, 0.3) is 10.9 Å². The van der Waals surface area contributed by atoms with Crippen LogP contribution in [0.5, 0.6) is 17.4 Å². The predicted molar refractivity (Wildman–Crippen MR) is 150 cm³/mol. The van der Waals surface area contributed by atoms with Gasteiger partial charge in [0.05, 0.1) is 34.1 Å². The van der Waals surface area contributed by atoms with Gasteiger partial charge in [-0.05, 0) is 68.7 Å². The summed E-state index contributed by atoms with van der Waals surface area (Å²) in [6.45, 7) is 1.60. The van der Waals surface area contributed by atoms with Crippen LogP contribution in [0, 0.1) is 11.3 Å². The number of aromatic nitrogens is 1. The number of nitriles is 1. The zero-order valence-electron chi connectivity index (χ0n) is 22.1. The zero-order chi connectivity index (χ0) is 27.5. The van der Waals surface area contributed by atoms with Gasteiger partial charge in [0.1, 0.15) is 13.2 Å². The Kier molecular flexibility index (Phi) is 7.21. The summed E-state index contributed by atoms with van der Waals surface area (Å²) < 4.78 is 11.5. The summed E-state index contributed by atoms with van der Waals surface area (Å²) in [7, 11) is 5.64. The average molecular weight is 524 g/mol. The van der Waals surface area contributed by atoms with Crippen molar-refractivity contribution in [1.82, 2.24) is 9.88 Å². The highest BCUT2D eigenvalue weighted by atomic mass is 16.6. The molecule has 1 aliphatic heterocycles. The van der Waals surface area contributed by atoms with E-state index in [1.165, 1.54) is 0 Å². The third-order valence-corrected chi connectivity index (χ3v) is 6.59. The maximum absolute atomic E-state index is 12.6. The number of nitrogens with zero attached hydrogens (tertiary/aromatic N) is 4. The van der Waals surface area contributed by atoms with Gasteiger partial charge in [0.2, 0.25) is 5.91 Å². The van der Waals surface area contributed by atoms with E-state index in [4.69, 9.17) is 14.5 Å². The molecule has 0 saturated carbocycles. The highest BCUT2D eigenvalue weighted by Gasteiger charge is 2.22. The number of hydrogen-bond acceptors (Lipinski definition) is 7. The predicted octanol–water partition coefficient (Wildman–Crippen LogP) is 4.60. The number of carbonyl (C=O) groups is 1. The Morgan fingerprint density at radius 1 is 1.03 bits per heavy atom. The van der Waals surface area contributed by atoms with Crippen LogP contribution in [0.4, 0.5) is 11.4 Å². The standard InChI is InChI=1S/C30H29N5O4/c1-34(2)13-12-27(36)35(3)22-8-6-21(7-9-22)32-29(20-5-11-25-26(17-20)39-15-14-38-25)28-23-10-4-19(18-31)16-24(23)33-30(28)37/h4-11,16-17,33,37H,12-15H2,1-3H3. The molecule has 0 unspecified atom stereocenters. The number of rotatable bonds is 7. The Hall–Kier alpha value is -4.81. The first kappa shape index (κ1) is 25.8. The molecule has 0 aliphatic carbocycles. The largest absolute Gasteiger partial charge is 0.494 e. The molecule has 0 spiro atoms. The minimum Gasteiger partial charge on any atom is -0.494 e. The molecular weight excluding hydrogens is 494 g/mol. The number of benzene rings is 3. The maximum Gasteiger partial charge on any atom is 0.228 e. The first-order valence-corrected chi connectivity index (χ1v) is 12.6. The van der Waals surface area contributed by atoms with Gasteiger partial charge >= 0.3 is 0 Å². The van der Waals surface area contributed by atoms with Crippen molar-refractivity contribution < 1.29 is 19.4 Å². The quantitative estimate of drug-likeness (QED) is 0.342. The maximum atomic E-state index is 12.6. The first-order valence-electron chi connectivity index (χ1n) is 12.6. The highest BCUT2D eigenvalue weighted by molar-refractivity contribution is 6.22. The molecule has 0 fully saturated rings. The van der Waals surface area contributed by atoms with Crippen molar-refractivity contribution in [2.45, 2.75) is 6.42 Å². The van der Waals surface area contributed by atoms with Crippen molar-refractivity contribution in [3.63, 3.8) is 0 Å². The van der Waals surface area contributed by atoms with E-state index >= 15 is 0 Å². The van der Waals surface area contributed by atoms with E-state index in [0.29, 0.717) is 65.7 Å². The molecule has 0 bridgehead atoms. The van der Waals surface area contributed by atoms with Crippen LogP contribution >= 0.6 is 0 Å². The fourth-order valence-corrected chi connectivity index (χ4v) is 4.46. The van der Waals surface area contributed by atoms with Crippen LogP contribution in [0.15, 0.2) is 65.7 Å². The lowest BCUT2D eigenvalue weighted by atomic mass is 9.99. The lowest BCUT2D eigenvalue weighted by molar-refractivity contribution is -0.118. The van der Waals surface area contributed by atoms with Gasteiger partial charge in [-0.15, -0.1) is 0 Å². The molecule has 9 heteroatoms. The fourth-order valence-electron chi connectivity index (χ4n) is 4.46.